The Hall–Kier alpha value is -0.0400. The molecule has 0 aromatic carbocycles. The highest BCUT2D eigenvalue weighted by molar-refractivity contribution is 4.84. The van der Waals surface area contributed by atoms with Gasteiger partial charge in [0, 0.05) is 0 Å². The van der Waals surface area contributed by atoms with Gasteiger partial charge >= 0.3 is 0 Å². The van der Waals surface area contributed by atoms with Gasteiger partial charge in [0.05, 0.1) is 0 Å². The van der Waals surface area contributed by atoms with Crippen molar-refractivity contribution in [3.63, 3.8) is 0 Å². The summed E-state index contributed by atoms with van der Waals surface area (Å²) in [4.78, 5) is 0. The summed E-state index contributed by atoms with van der Waals surface area (Å²) in [6.07, 6.45) is 5.50. The Morgan fingerprint density at radius 3 is 2.67 bits per heavy atom. The summed E-state index contributed by atoms with van der Waals surface area (Å²) in [5.41, 5.74) is 6.25. The van der Waals surface area contributed by atoms with Crippen molar-refractivity contribution < 1.29 is 0 Å². The van der Waals surface area contributed by atoms with Crippen molar-refractivity contribution in [1.29, 1.82) is 0 Å². The van der Waals surface area contributed by atoms with E-state index in [2.05, 4.69) is 20.8 Å². The zero-order valence-corrected chi connectivity index (χ0v) is 8.77. The maximum absolute atomic E-state index is 5.80. The smallest absolute Gasteiger partial charge is 0.00231 e. The molecule has 1 saturated carbocycles. The Kier molecular flexibility index (Phi) is 3.16. The molecular formula is C11H23N. The van der Waals surface area contributed by atoms with Gasteiger partial charge in [0.1, 0.15) is 0 Å². The van der Waals surface area contributed by atoms with Gasteiger partial charge in [-0.25, -0.2) is 0 Å². The monoisotopic (exact) mass is 169 g/mol. The molecule has 0 spiro atoms. The maximum Gasteiger partial charge on any atom is -0.00231 e. The van der Waals surface area contributed by atoms with Crippen LogP contribution in [0.2, 0.25) is 0 Å². The summed E-state index contributed by atoms with van der Waals surface area (Å²) in [6, 6.07) is 0. The Morgan fingerprint density at radius 1 is 1.50 bits per heavy atom. The van der Waals surface area contributed by atoms with Crippen molar-refractivity contribution in [2.24, 2.45) is 23.0 Å². The van der Waals surface area contributed by atoms with E-state index in [-0.39, 0.29) is 0 Å². The molecule has 12 heavy (non-hydrogen) atoms. The van der Waals surface area contributed by atoms with Crippen LogP contribution >= 0.6 is 0 Å². The standard InChI is InChI=1S/C11H23N/c1-9(2)10-5-4-6-11(3,7-10)8-12/h9-10H,4-8,12H2,1-3H3/t10-,11-/m1/s1. The molecule has 0 aromatic rings. The molecule has 0 aromatic heterocycles. The Morgan fingerprint density at radius 2 is 2.17 bits per heavy atom. The van der Waals surface area contributed by atoms with Crippen LogP contribution in [0.5, 0.6) is 0 Å². The average Bonchev–Trinajstić information content (AvgIpc) is 2.05. The summed E-state index contributed by atoms with van der Waals surface area (Å²) >= 11 is 0. The minimum absolute atomic E-state index is 0.452. The lowest BCUT2D eigenvalue weighted by Gasteiger charge is -2.39. The minimum Gasteiger partial charge on any atom is -0.330 e. The molecule has 0 unspecified atom stereocenters. The van der Waals surface area contributed by atoms with Crippen molar-refractivity contribution in [2.75, 3.05) is 6.54 Å². The lowest BCUT2D eigenvalue weighted by atomic mass is 9.68. The van der Waals surface area contributed by atoms with Gasteiger partial charge in [0.25, 0.3) is 0 Å². The predicted octanol–water partition coefficient (Wildman–Crippen LogP) is 2.80. The fourth-order valence-electron chi connectivity index (χ4n) is 2.38. The molecule has 1 rings (SSSR count). The lowest BCUT2D eigenvalue weighted by Crippen LogP contribution is -2.34. The Bertz CT molecular complexity index is 142. The van der Waals surface area contributed by atoms with Crippen LogP contribution in [-0.2, 0) is 0 Å². The molecule has 1 nitrogen and oxygen atoms in total. The van der Waals surface area contributed by atoms with Crippen LogP contribution in [0, 0.1) is 17.3 Å². The zero-order valence-electron chi connectivity index (χ0n) is 8.77. The molecule has 0 bridgehead atoms. The minimum atomic E-state index is 0.452. The van der Waals surface area contributed by atoms with Crippen LogP contribution in [0.4, 0.5) is 0 Å². The first-order valence-electron chi connectivity index (χ1n) is 5.27. The normalized spacial score (nSPS) is 37.2. The highest BCUT2D eigenvalue weighted by Crippen LogP contribution is 2.40. The lowest BCUT2D eigenvalue weighted by molar-refractivity contribution is 0.136. The second-order valence-corrected chi connectivity index (χ2v) is 5.12. The van der Waals surface area contributed by atoms with E-state index in [1.54, 1.807) is 0 Å². The van der Waals surface area contributed by atoms with Gasteiger partial charge < -0.3 is 5.73 Å². The van der Waals surface area contributed by atoms with Gasteiger partial charge in [-0.05, 0) is 36.6 Å². The molecule has 1 heteroatoms. The van der Waals surface area contributed by atoms with E-state index in [9.17, 15) is 0 Å². The molecule has 0 heterocycles. The Balaban J connectivity index is 2.51. The molecule has 1 fully saturated rings. The van der Waals surface area contributed by atoms with Crippen molar-refractivity contribution in [3.05, 3.63) is 0 Å². The number of hydrogen-bond acceptors (Lipinski definition) is 1. The van der Waals surface area contributed by atoms with Crippen LogP contribution in [0.15, 0.2) is 0 Å². The molecule has 1 aliphatic rings. The fraction of sp³-hybridized carbons (Fsp3) is 1.00. The number of rotatable bonds is 2. The largest absolute Gasteiger partial charge is 0.330 e. The Labute approximate surface area is 76.7 Å². The van der Waals surface area contributed by atoms with Crippen LogP contribution in [0.3, 0.4) is 0 Å². The molecule has 2 N–H and O–H groups in total. The topological polar surface area (TPSA) is 26.0 Å². The summed E-state index contributed by atoms with van der Waals surface area (Å²) in [5.74, 6) is 1.77. The van der Waals surface area contributed by atoms with Crippen LogP contribution in [0.1, 0.15) is 46.5 Å². The summed E-state index contributed by atoms with van der Waals surface area (Å²) in [6.45, 7) is 7.90. The van der Waals surface area contributed by atoms with Crippen molar-refractivity contribution in [2.45, 2.75) is 46.5 Å². The number of nitrogens with two attached hydrogens (primary N) is 1. The first-order valence-corrected chi connectivity index (χ1v) is 5.27. The van der Waals surface area contributed by atoms with Crippen LogP contribution < -0.4 is 5.73 Å². The molecule has 0 amide bonds. The van der Waals surface area contributed by atoms with Gasteiger partial charge in [0.2, 0.25) is 0 Å². The van der Waals surface area contributed by atoms with Crippen LogP contribution in [-0.4, -0.2) is 6.54 Å². The third-order valence-corrected chi connectivity index (χ3v) is 3.55. The second-order valence-electron chi connectivity index (χ2n) is 5.12. The first-order chi connectivity index (χ1) is 5.57. The number of hydrogen-bond donors (Lipinski definition) is 1. The van der Waals surface area contributed by atoms with Gasteiger partial charge in [-0.3, -0.25) is 0 Å². The van der Waals surface area contributed by atoms with E-state index >= 15 is 0 Å². The molecule has 72 valence electrons. The van der Waals surface area contributed by atoms with Gasteiger partial charge in [0.15, 0.2) is 0 Å². The molecule has 0 aliphatic heterocycles. The highest BCUT2D eigenvalue weighted by atomic mass is 14.6. The predicted molar refractivity (Wildman–Crippen MR) is 54.0 cm³/mol. The van der Waals surface area contributed by atoms with Gasteiger partial charge in [-0.15, -0.1) is 0 Å². The van der Waals surface area contributed by atoms with E-state index in [4.69, 9.17) is 5.73 Å². The third-order valence-electron chi connectivity index (χ3n) is 3.55. The molecule has 0 saturated heterocycles. The van der Waals surface area contributed by atoms with E-state index in [1.807, 2.05) is 0 Å². The summed E-state index contributed by atoms with van der Waals surface area (Å²) in [5, 5.41) is 0. The van der Waals surface area contributed by atoms with Crippen molar-refractivity contribution in [3.8, 4) is 0 Å². The van der Waals surface area contributed by atoms with E-state index in [0.29, 0.717) is 5.41 Å². The first kappa shape index (κ1) is 10.0. The molecule has 0 radical (unpaired) electrons. The quantitative estimate of drug-likeness (QED) is 0.676. The highest BCUT2D eigenvalue weighted by Gasteiger charge is 2.31. The van der Waals surface area contributed by atoms with E-state index < -0.39 is 0 Å². The zero-order chi connectivity index (χ0) is 9.19. The van der Waals surface area contributed by atoms with Crippen molar-refractivity contribution in [1.82, 2.24) is 0 Å². The summed E-state index contributed by atoms with van der Waals surface area (Å²) in [7, 11) is 0. The van der Waals surface area contributed by atoms with Crippen molar-refractivity contribution >= 4 is 0 Å². The van der Waals surface area contributed by atoms with E-state index in [0.717, 1.165) is 18.4 Å². The molecule has 1 aliphatic carbocycles. The van der Waals surface area contributed by atoms with Gasteiger partial charge in [-0.2, -0.15) is 0 Å². The fourth-order valence-corrected chi connectivity index (χ4v) is 2.38. The summed E-state index contributed by atoms with van der Waals surface area (Å²) < 4.78 is 0. The van der Waals surface area contributed by atoms with Gasteiger partial charge in [-0.1, -0.05) is 33.6 Å². The molecule has 2 atom stereocenters. The third kappa shape index (κ3) is 2.22. The SMILES string of the molecule is CC(C)[C@@H]1CCC[C@@](C)(CN)C1. The maximum atomic E-state index is 5.80. The average molecular weight is 169 g/mol. The van der Waals surface area contributed by atoms with E-state index in [1.165, 1.54) is 25.7 Å². The second kappa shape index (κ2) is 3.78. The van der Waals surface area contributed by atoms with Crippen LogP contribution in [0.25, 0.3) is 0 Å². The molecular weight excluding hydrogens is 146 g/mol.